The zero-order valence-electron chi connectivity index (χ0n) is 7.21. The number of nitrogens with zero attached hydrogens (tertiary/aromatic N) is 1. The molecule has 0 spiro atoms. The van der Waals surface area contributed by atoms with Crippen molar-refractivity contribution in [3.05, 3.63) is 0 Å². The third kappa shape index (κ3) is 8.38. The number of nitriles is 1. The molecule has 0 aromatic carbocycles. The average molecular weight is 219 g/mol. The fourth-order valence-corrected chi connectivity index (χ4v) is 2.66. The molecule has 0 aromatic rings. The Morgan fingerprint density at radius 3 is 2.92 bits per heavy atom. The lowest BCUT2D eigenvalue weighted by Gasteiger charge is -1.99. The first-order valence-corrected chi connectivity index (χ1v) is 6.46. The summed E-state index contributed by atoms with van der Waals surface area (Å²) >= 11 is 8.46. The molecule has 0 atom stereocenters. The monoisotopic (exact) mass is 219 g/mol. The molecule has 0 aliphatic heterocycles. The summed E-state index contributed by atoms with van der Waals surface area (Å²) in [6, 6.07) is 2.08. The molecule has 4 heteroatoms. The van der Waals surface area contributed by atoms with Crippen LogP contribution in [0.5, 0.6) is 0 Å². The molecule has 0 rings (SSSR count). The van der Waals surface area contributed by atoms with Gasteiger partial charge in [-0.1, -0.05) is 25.6 Å². The van der Waals surface area contributed by atoms with Crippen molar-refractivity contribution in [1.82, 2.24) is 0 Å². The summed E-state index contributed by atoms with van der Waals surface area (Å²) in [5.74, 6) is 2.52. The van der Waals surface area contributed by atoms with Gasteiger partial charge in [-0.25, -0.2) is 0 Å². The van der Waals surface area contributed by atoms with E-state index in [0.29, 0.717) is 5.75 Å². The lowest BCUT2D eigenvalue weighted by molar-refractivity contribution is 0.898. The molecule has 0 N–H and O–H groups in total. The van der Waals surface area contributed by atoms with E-state index in [1.807, 2.05) is 0 Å². The Morgan fingerprint density at radius 2 is 2.33 bits per heavy atom. The first kappa shape index (κ1) is 12.3. The summed E-state index contributed by atoms with van der Waals surface area (Å²) in [4.78, 5) is 0. The molecule has 0 bridgehead atoms. The second-order valence-electron chi connectivity index (χ2n) is 2.22. The number of thioether (sulfide) groups is 2. The lowest BCUT2D eigenvalue weighted by atomic mass is 10.4. The molecule has 68 valence electrons. The molecule has 0 unspecified atom stereocenters. The van der Waals surface area contributed by atoms with Crippen LogP contribution >= 0.6 is 35.7 Å². The van der Waals surface area contributed by atoms with Gasteiger partial charge in [0, 0.05) is 5.75 Å². The highest BCUT2D eigenvalue weighted by Crippen LogP contribution is 2.12. The van der Waals surface area contributed by atoms with Crippen LogP contribution in [0.2, 0.25) is 0 Å². The molecule has 0 radical (unpaired) electrons. The summed E-state index contributed by atoms with van der Waals surface area (Å²) in [6.07, 6.45) is 2.45. The summed E-state index contributed by atoms with van der Waals surface area (Å²) in [5, 5.41) is 8.27. The first-order valence-electron chi connectivity index (χ1n) is 3.91. The smallest absolute Gasteiger partial charge is 0.0811 e. The highest BCUT2D eigenvalue weighted by Gasteiger charge is 1.96. The third-order valence-corrected chi connectivity index (χ3v) is 3.80. The molecule has 0 aromatic heterocycles. The molecule has 0 heterocycles. The number of rotatable bonds is 6. The predicted molar refractivity (Wildman–Crippen MR) is 62.9 cm³/mol. The summed E-state index contributed by atoms with van der Waals surface area (Å²) in [6.45, 7) is 2.17. The fourth-order valence-electron chi connectivity index (χ4n) is 0.552. The van der Waals surface area contributed by atoms with Crippen molar-refractivity contribution in [3.8, 4) is 6.07 Å². The van der Waals surface area contributed by atoms with E-state index in [1.54, 1.807) is 23.5 Å². The van der Waals surface area contributed by atoms with Gasteiger partial charge in [0.25, 0.3) is 0 Å². The maximum absolute atomic E-state index is 8.27. The zero-order chi connectivity index (χ0) is 9.23. The summed E-state index contributed by atoms with van der Waals surface area (Å²) in [7, 11) is 0. The van der Waals surface area contributed by atoms with Gasteiger partial charge < -0.3 is 0 Å². The third-order valence-electron chi connectivity index (χ3n) is 1.15. The van der Waals surface area contributed by atoms with Crippen LogP contribution in [0.15, 0.2) is 0 Å². The Labute approximate surface area is 88.3 Å². The van der Waals surface area contributed by atoms with Crippen molar-refractivity contribution in [2.45, 2.75) is 19.8 Å². The fraction of sp³-hybridized carbons (Fsp3) is 0.750. The van der Waals surface area contributed by atoms with Crippen molar-refractivity contribution < 1.29 is 0 Å². The van der Waals surface area contributed by atoms with Gasteiger partial charge >= 0.3 is 0 Å². The molecular weight excluding hydrogens is 206 g/mol. The number of thiocarbonyl (C=S) groups is 1. The van der Waals surface area contributed by atoms with E-state index in [1.165, 1.54) is 12.8 Å². The van der Waals surface area contributed by atoms with Gasteiger partial charge in [-0.2, -0.15) is 5.26 Å². The van der Waals surface area contributed by atoms with Crippen LogP contribution in [0.25, 0.3) is 0 Å². The average Bonchev–Trinajstić information content (AvgIpc) is 2.06. The van der Waals surface area contributed by atoms with Gasteiger partial charge in [0.15, 0.2) is 0 Å². The summed E-state index contributed by atoms with van der Waals surface area (Å²) < 4.78 is 1.03. The minimum Gasteiger partial charge on any atom is -0.197 e. The quantitative estimate of drug-likeness (QED) is 0.506. The molecule has 12 heavy (non-hydrogen) atoms. The van der Waals surface area contributed by atoms with Crippen LogP contribution in [0.1, 0.15) is 19.8 Å². The van der Waals surface area contributed by atoms with Crippen LogP contribution in [-0.2, 0) is 0 Å². The lowest BCUT2D eigenvalue weighted by Crippen LogP contribution is -1.94. The number of hydrogen-bond acceptors (Lipinski definition) is 4. The van der Waals surface area contributed by atoms with Gasteiger partial charge in [0.2, 0.25) is 0 Å². The Morgan fingerprint density at radius 1 is 1.58 bits per heavy atom. The second-order valence-corrected chi connectivity index (χ2v) is 5.15. The number of hydrogen-bond donors (Lipinski definition) is 0. The van der Waals surface area contributed by atoms with E-state index in [-0.39, 0.29) is 0 Å². The SMILES string of the molecule is CCCCSC(=S)CSCC#N. The predicted octanol–water partition coefficient (Wildman–Crippen LogP) is 3.10. The van der Waals surface area contributed by atoms with Gasteiger partial charge in [-0.3, -0.25) is 0 Å². The molecule has 0 amide bonds. The van der Waals surface area contributed by atoms with Crippen molar-refractivity contribution in [2.75, 3.05) is 17.3 Å². The van der Waals surface area contributed by atoms with Crippen LogP contribution in [0, 0.1) is 11.3 Å². The van der Waals surface area contributed by atoms with Crippen molar-refractivity contribution in [1.29, 1.82) is 5.26 Å². The van der Waals surface area contributed by atoms with E-state index in [4.69, 9.17) is 17.5 Å². The van der Waals surface area contributed by atoms with Crippen LogP contribution in [0.4, 0.5) is 0 Å². The Hall–Kier alpha value is 0.280. The number of unbranched alkanes of at least 4 members (excludes halogenated alkanes) is 1. The zero-order valence-corrected chi connectivity index (χ0v) is 9.66. The van der Waals surface area contributed by atoms with Gasteiger partial charge in [-0.05, 0) is 12.2 Å². The maximum Gasteiger partial charge on any atom is 0.0811 e. The Kier molecular flexibility index (Phi) is 9.59. The minimum atomic E-state index is 0.550. The highest BCUT2D eigenvalue weighted by atomic mass is 32.2. The van der Waals surface area contributed by atoms with Gasteiger partial charge in [0.05, 0.1) is 16.0 Å². The normalized spacial score (nSPS) is 9.33. The highest BCUT2D eigenvalue weighted by molar-refractivity contribution is 8.24. The van der Waals surface area contributed by atoms with Crippen molar-refractivity contribution in [3.63, 3.8) is 0 Å². The molecule has 0 saturated carbocycles. The largest absolute Gasteiger partial charge is 0.197 e. The Balaban J connectivity index is 3.17. The topological polar surface area (TPSA) is 23.8 Å². The van der Waals surface area contributed by atoms with Crippen LogP contribution in [-0.4, -0.2) is 21.5 Å². The molecule has 0 saturated heterocycles. The van der Waals surface area contributed by atoms with Crippen LogP contribution < -0.4 is 0 Å². The van der Waals surface area contributed by atoms with E-state index in [0.717, 1.165) is 15.7 Å². The van der Waals surface area contributed by atoms with E-state index < -0.39 is 0 Å². The van der Waals surface area contributed by atoms with Crippen LogP contribution in [0.3, 0.4) is 0 Å². The van der Waals surface area contributed by atoms with Gasteiger partial charge in [-0.15, -0.1) is 23.5 Å². The second kappa shape index (κ2) is 9.37. The van der Waals surface area contributed by atoms with E-state index >= 15 is 0 Å². The summed E-state index contributed by atoms with van der Waals surface area (Å²) in [5.41, 5.74) is 0. The van der Waals surface area contributed by atoms with E-state index in [9.17, 15) is 0 Å². The van der Waals surface area contributed by atoms with Crippen molar-refractivity contribution in [2.24, 2.45) is 0 Å². The molecular formula is C8H13NS3. The molecule has 0 aliphatic carbocycles. The Bertz CT molecular complexity index is 162. The molecule has 0 aliphatic rings. The standard InChI is InChI=1S/C8H13NS3/c1-2-3-5-12-8(10)7-11-6-4-9/h2-3,5-7H2,1H3. The first-order chi connectivity index (χ1) is 5.81. The minimum absolute atomic E-state index is 0.550. The van der Waals surface area contributed by atoms with E-state index in [2.05, 4.69) is 13.0 Å². The van der Waals surface area contributed by atoms with Crippen molar-refractivity contribution >= 4 is 39.9 Å². The molecule has 0 fully saturated rings. The van der Waals surface area contributed by atoms with Gasteiger partial charge in [0.1, 0.15) is 0 Å². The molecule has 1 nitrogen and oxygen atoms in total. The maximum atomic E-state index is 8.27.